The van der Waals surface area contributed by atoms with E-state index in [-0.39, 0.29) is 0 Å². The van der Waals surface area contributed by atoms with Crippen LogP contribution in [-0.4, -0.2) is 16.7 Å². The van der Waals surface area contributed by atoms with Gasteiger partial charge in [-0.05, 0) is 31.7 Å². The lowest BCUT2D eigenvalue weighted by molar-refractivity contribution is 0.400. The topological polar surface area (TPSA) is 51.0 Å². The van der Waals surface area contributed by atoms with Gasteiger partial charge in [0.2, 0.25) is 6.39 Å². The monoisotopic (exact) mass is 193 g/mol. The fourth-order valence-corrected chi connectivity index (χ4v) is 1.70. The van der Waals surface area contributed by atoms with Crippen LogP contribution in [0.1, 0.15) is 25.1 Å². The van der Waals surface area contributed by atoms with Crippen LogP contribution in [0.2, 0.25) is 0 Å². The van der Waals surface area contributed by atoms with Gasteiger partial charge in [0.15, 0.2) is 5.82 Å². The SMILES string of the molecule is C1=CCC(CNCc2ncon2)CC1. The molecule has 0 spiro atoms. The average molecular weight is 193 g/mol. The van der Waals surface area contributed by atoms with Crippen LogP contribution in [0.4, 0.5) is 0 Å². The van der Waals surface area contributed by atoms with E-state index in [1.165, 1.54) is 25.7 Å². The van der Waals surface area contributed by atoms with Crippen molar-refractivity contribution in [3.8, 4) is 0 Å². The van der Waals surface area contributed by atoms with E-state index in [4.69, 9.17) is 0 Å². The van der Waals surface area contributed by atoms with Crippen molar-refractivity contribution in [3.05, 3.63) is 24.4 Å². The molecular formula is C10H15N3O. The number of hydrogen-bond donors (Lipinski definition) is 1. The van der Waals surface area contributed by atoms with Crippen molar-refractivity contribution in [2.75, 3.05) is 6.54 Å². The molecule has 0 aromatic carbocycles. The van der Waals surface area contributed by atoms with Crippen LogP contribution in [0.25, 0.3) is 0 Å². The van der Waals surface area contributed by atoms with Gasteiger partial charge in [0.25, 0.3) is 0 Å². The molecule has 1 heterocycles. The van der Waals surface area contributed by atoms with Crippen LogP contribution in [0.3, 0.4) is 0 Å². The summed E-state index contributed by atoms with van der Waals surface area (Å²) in [5.74, 6) is 1.50. The van der Waals surface area contributed by atoms with E-state index in [0.717, 1.165) is 18.3 Å². The van der Waals surface area contributed by atoms with E-state index < -0.39 is 0 Å². The first kappa shape index (κ1) is 9.40. The van der Waals surface area contributed by atoms with Gasteiger partial charge in [-0.15, -0.1) is 0 Å². The molecule has 0 bridgehead atoms. The van der Waals surface area contributed by atoms with Gasteiger partial charge in [0.05, 0.1) is 6.54 Å². The minimum Gasteiger partial charge on any atom is -0.343 e. The lowest BCUT2D eigenvalue weighted by atomic mass is 9.94. The highest BCUT2D eigenvalue weighted by Crippen LogP contribution is 2.16. The molecule has 1 N–H and O–H groups in total. The standard InChI is InChI=1S/C10H15N3O/c1-2-4-9(5-3-1)6-11-7-10-12-8-14-13-10/h1-2,8-9,11H,3-7H2. The van der Waals surface area contributed by atoms with E-state index in [9.17, 15) is 0 Å². The van der Waals surface area contributed by atoms with Crippen molar-refractivity contribution in [2.24, 2.45) is 5.92 Å². The van der Waals surface area contributed by atoms with Gasteiger partial charge < -0.3 is 9.84 Å². The molecule has 1 aromatic heterocycles. The molecule has 0 radical (unpaired) electrons. The Morgan fingerprint density at radius 3 is 3.21 bits per heavy atom. The van der Waals surface area contributed by atoms with Crippen molar-refractivity contribution >= 4 is 0 Å². The molecule has 4 heteroatoms. The third kappa shape index (κ3) is 2.67. The molecular weight excluding hydrogens is 178 g/mol. The van der Waals surface area contributed by atoms with E-state index in [1.54, 1.807) is 0 Å². The van der Waals surface area contributed by atoms with Crippen LogP contribution in [0, 0.1) is 5.92 Å². The fourth-order valence-electron chi connectivity index (χ4n) is 1.70. The largest absolute Gasteiger partial charge is 0.343 e. The van der Waals surface area contributed by atoms with Crippen molar-refractivity contribution in [1.82, 2.24) is 15.5 Å². The Hall–Kier alpha value is -1.16. The lowest BCUT2D eigenvalue weighted by Crippen LogP contribution is -2.23. The third-order valence-corrected chi connectivity index (χ3v) is 2.50. The first-order chi connectivity index (χ1) is 6.95. The van der Waals surface area contributed by atoms with E-state index >= 15 is 0 Å². The third-order valence-electron chi connectivity index (χ3n) is 2.50. The normalized spacial score (nSPS) is 21.3. The molecule has 1 aliphatic carbocycles. The molecule has 1 atom stereocenters. The molecule has 0 amide bonds. The van der Waals surface area contributed by atoms with Crippen LogP contribution in [0.5, 0.6) is 0 Å². The zero-order valence-electron chi connectivity index (χ0n) is 8.15. The Morgan fingerprint density at radius 2 is 2.50 bits per heavy atom. The molecule has 1 aliphatic rings. The van der Waals surface area contributed by atoms with Gasteiger partial charge in [0.1, 0.15) is 0 Å². The summed E-state index contributed by atoms with van der Waals surface area (Å²) in [6, 6.07) is 0. The van der Waals surface area contributed by atoms with Crippen LogP contribution < -0.4 is 5.32 Å². The molecule has 14 heavy (non-hydrogen) atoms. The van der Waals surface area contributed by atoms with Crippen LogP contribution in [-0.2, 0) is 6.54 Å². The predicted octanol–water partition coefficient (Wildman–Crippen LogP) is 1.52. The van der Waals surface area contributed by atoms with Crippen LogP contribution >= 0.6 is 0 Å². The zero-order chi connectivity index (χ0) is 9.64. The maximum atomic E-state index is 4.64. The quantitative estimate of drug-likeness (QED) is 0.736. The van der Waals surface area contributed by atoms with Crippen molar-refractivity contribution in [2.45, 2.75) is 25.8 Å². The second-order valence-corrected chi connectivity index (χ2v) is 3.63. The minimum absolute atomic E-state index is 0.705. The first-order valence-electron chi connectivity index (χ1n) is 5.06. The summed E-state index contributed by atoms with van der Waals surface area (Å²) in [6.45, 7) is 1.75. The van der Waals surface area contributed by atoms with Gasteiger partial charge in [-0.25, -0.2) is 0 Å². The van der Waals surface area contributed by atoms with Crippen molar-refractivity contribution in [1.29, 1.82) is 0 Å². The maximum absolute atomic E-state index is 4.64. The van der Waals surface area contributed by atoms with E-state index in [0.29, 0.717) is 6.54 Å². The fraction of sp³-hybridized carbons (Fsp3) is 0.600. The maximum Gasteiger partial charge on any atom is 0.213 e. The van der Waals surface area contributed by atoms with Gasteiger partial charge in [0, 0.05) is 0 Å². The summed E-state index contributed by atoms with van der Waals surface area (Å²) in [5, 5.41) is 7.07. The number of aromatic nitrogens is 2. The zero-order valence-corrected chi connectivity index (χ0v) is 8.15. The Labute approximate surface area is 83.4 Å². The summed E-state index contributed by atoms with van der Waals surface area (Å²) in [4.78, 5) is 3.94. The summed E-state index contributed by atoms with van der Waals surface area (Å²) in [5.41, 5.74) is 0. The smallest absolute Gasteiger partial charge is 0.213 e. The second-order valence-electron chi connectivity index (χ2n) is 3.63. The molecule has 76 valence electrons. The average Bonchev–Trinajstić information content (AvgIpc) is 2.72. The molecule has 0 saturated carbocycles. The van der Waals surface area contributed by atoms with Crippen molar-refractivity contribution in [3.63, 3.8) is 0 Å². The number of nitrogens with zero attached hydrogens (tertiary/aromatic N) is 2. The molecule has 0 aliphatic heterocycles. The van der Waals surface area contributed by atoms with E-state index in [2.05, 4.69) is 32.1 Å². The number of allylic oxidation sites excluding steroid dienone is 2. The van der Waals surface area contributed by atoms with E-state index in [1.807, 2.05) is 0 Å². The van der Waals surface area contributed by atoms with Gasteiger partial charge in [-0.2, -0.15) is 4.98 Å². The molecule has 0 fully saturated rings. The first-order valence-corrected chi connectivity index (χ1v) is 5.06. The highest BCUT2D eigenvalue weighted by atomic mass is 16.5. The van der Waals surface area contributed by atoms with Gasteiger partial charge in [-0.3, -0.25) is 0 Å². The Bertz CT molecular complexity index is 282. The summed E-state index contributed by atoms with van der Waals surface area (Å²) in [6.07, 6.45) is 9.59. The number of nitrogens with one attached hydrogen (secondary N) is 1. The molecule has 0 saturated heterocycles. The second kappa shape index (κ2) is 4.91. The Kier molecular flexibility index (Phi) is 3.29. The van der Waals surface area contributed by atoms with Gasteiger partial charge in [-0.1, -0.05) is 17.3 Å². The number of hydrogen-bond acceptors (Lipinski definition) is 4. The van der Waals surface area contributed by atoms with Crippen molar-refractivity contribution < 1.29 is 4.52 Å². The highest BCUT2D eigenvalue weighted by Gasteiger charge is 2.09. The summed E-state index contributed by atoms with van der Waals surface area (Å²) in [7, 11) is 0. The molecule has 1 aromatic rings. The van der Waals surface area contributed by atoms with Crippen LogP contribution in [0.15, 0.2) is 23.1 Å². The lowest BCUT2D eigenvalue weighted by Gasteiger charge is -2.17. The predicted molar refractivity (Wildman–Crippen MR) is 52.5 cm³/mol. The molecule has 1 unspecified atom stereocenters. The Morgan fingerprint density at radius 1 is 1.50 bits per heavy atom. The Balaban J connectivity index is 1.65. The summed E-state index contributed by atoms with van der Waals surface area (Å²) >= 11 is 0. The summed E-state index contributed by atoms with van der Waals surface area (Å²) < 4.78 is 4.64. The number of rotatable bonds is 4. The van der Waals surface area contributed by atoms with Gasteiger partial charge >= 0.3 is 0 Å². The molecule has 4 nitrogen and oxygen atoms in total. The molecule has 2 rings (SSSR count). The highest BCUT2D eigenvalue weighted by molar-refractivity contribution is 4.90. The minimum atomic E-state index is 0.705.